The molecule has 1 nitrogen and oxygen atoms in total. The van der Waals surface area contributed by atoms with Gasteiger partial charge >= 0.3 is 0 Å². The van der Waals surface area contributed by atoms with Gasteiger partial charge in [-0.15, -0.1) is 0 Å². The summed E-state index contributed by atoms with van der Waals surface area (Å²) in [7, 11) is 0. The molecule has 13 heavy (non-hydrogen) atoms. The van der Waals surface area contributed by atoms with Gasteiger partial charge in [0.2, 0.25) is 0 Å². The lowest BCUT2D eigenvalue weighted by Gasteiger charge is -2.02. The number of pyridine rings is 1. The van der Waals surface area contributed by atoms with Crippen LogP contribution in [0.4, 0.5) is 4.39 Å². The van der Waals surface area contributed by atoms with Gasteiger partial charge in [-0.05, 0) is 36.8 Å². The molecule has 0 aliphatic heterocycles. The fourth-order valence-corrected chi connectivity index (χ4v) is 2.10. The van der Waals surface area contributed by atoms with Crippen LogP contribution in [0, 0.1) is 18.7 Å². The Labute approximate surface area is 78.0 Å². The number of hydrogen-bond acceptors (Lipinski definition) is 1. The highest BCUT2D eigenvalue weighted by Gasteiger charge is 2.24. The molecule has 2 rings (SSSR count). The van der Waals surface area contributed by atoms with Crippen molar-refractivity contribution in [2.45, 2.75) is 33.1 Å². The van der Waals surface area contributed by atoms with Crippen LogP contribution >= 0.6 is 0 Å². The van der Waals surface area contributed by atoms with E-state index in [4.69, 9.17) is 0 Å². The maximum absolute atomic E-state index is 13.3. The molecule has 0 amide bonds. The highest BCUT2D eigenvalue weighted by Crippen LogP contribution is 2.31. The molecule has 0 unspecified atom stereocenters. The van der Waals surface area contributed by atoms with Crippen LogP contribution in [0.3, 0.4) is 0 Å². The predicted molar refractivity (Wildman–Crippen MR) is 50.1 cm³/mol. The second-order valence-corrected chi connectivity index (χ2v) is 3.83. The van der Waals surface area contributed by atoms with Crippen molar-refractivity contribution >= 4 is 0 Å². The first-order chi connectivity index (χ1) is 6.22. The smallest absolute Gasteiger partial charge is 0.144 e. The molecule has 1 aliphatic carbocycles. The van der Waals surface area contributed by atoms with Gasteiger partial charge in [0.05, 0.1) is 6.20 Å². The molecule has 0 bridgehead atoms. The highest BCUT2D eigenvalue weighted by atomic mass is 19.1. The Balaban J connectivity index is 2.43. The third kappa shape index (κ3) is 1.34. The molecule has 1 aliphatic rings. The molecule has 1 atom stereocenters. The summed E-state index contributed by atoms with van der Waals surface area (Å²) in [5.41, 5.74) is 3.08. The molecule has 0 N–H and O–H groups in total. The molecular weight excluding hydrogens is 165 g/mol. The number of aromatic nitrogens is 1. The standard InChI is InChI=1S/C11H14FN/c1-3-8-4-9-7(2)13-6-11(12)10(9)5-8/h6,8H,3-5H2,1-2H3/t8-/m1/s1. The summed E-state index contributed by atoms with van der Waals surface area (Å²) < 4.78 is 13.3. The second-order valence-electron chi connectivity index (χ2n) is 3.83. The number of hydrogen-bond donors (Lipinski definition) is 0. The number of aryl methyl sites for hydroxylation is 1. The van der Waals surface area contributed by atoms with Crippen LogP contribution in [0.1, 0.15) is 30.2 Å². The molecule has 0 radical (unpaired) electrons. The third-order valence-electron chi connectivity index (χ3n) is 3.02. The molecule has 1 aromatic rings. The zero-order chi connectivity index (χ0) is 9.42. The minimum absolute atomic E-state index is 0.114. The van der Waals surface area contributed by atoms with Gasteiger partial charge in [-0.2, -0.15) is 0 Å². The summed E-state index contributed by atoms with van der Waals surface area (Å²) in [6.07, 6.45) is 4.41. The zero-order valence-electron chi connectivity index (χ0n) is 8.10. The van der Waals surface area contributed by atoms with E-state index in [-0.39, 0.29) is 5.82 Å². The van der Waals surface area contributed by atoms with Crippen LogP contribution in [0.5, 0.6) is 0 Å². The predicted octanol–water partition coefficient (Wildman–Crippen LogP) is 2.65. The molecule has 0 aromatic carbocycles. The van der Waals surface area contributed by atoms with Gasteiger partial charge in [0.1, 0.15) is 5.82 Å². The Bertz CT molecular complexity index is 302. The van der Waals surface area contributed by atoms with E-state index >= 15 is 0 Å². The van der Waals surface area contributed by atoms with Crippen molar-refractivity contribution in [2.24, 2.45) is 5.92 Å². The van der Waals surface area contributed by atoms with Crippen LogP contribution in [0.25, 0.3) is 0 Å². The quantitative estimate of drug-likeness (QED) is 0.645. The first kappa shape index (κ1) is 8.67. The molecule has 0 saturated carbocycles. The molecular formula is C11H14FN. The first-order valence-corrected chi connectivity index (χ1v) is 4.85. The average molecular weight is 179 g/mol. The Morgan fingerprint density at radius 1 is 1.46 bits per heavy atom. The van der Waals surface area contributed by atoms with E-state index < -0.39 is 0 Å². The number of nitrogens with zero attached hydrogens (tertiary/aromatic N) is 1. The Hall–Kier alpha value is -0.920. The van der Waals surface area contributed by atoms with Crippen LogP contribution < -0.4 is 0 Å². The number of rotatable bonds is 1. The van der Waals surface area contributed by atoms with Crippen molar-refractivity contribution in [1.29, 1.82) is 0 Å². The molecule has 0 fully saturated rings. The van der Waals surface area contributed by atoms with Gasteiger partial charge in [0, 0.05) is 5.69 Å². The van der Waals surface area contributed by atoms with Crippen molar-refractivity contribution in [2.75, 3.05) is 0 Å². The molecule has 0 saturated heterocycles. The normalized spacial score (nSPS) is 20.4. The number of halogens is 1. The van der Waals surface area contributed by atoms with E-state index in [1.54, 1.807) is 0 Å². The van der Waals surface area contributed by atoms with Gasteiger partial charge in [0.15, 0.2) is 0 Å². The summed E-state index contributed by atoms with van der Waals surface area (Å²) in [6.45, 7) is 4.13. The van der Waals surface area contributed by atoms with Gasteiger partial charge in [-0.25, -0.2) is 4.39 Å². The minimum atomic E-state index is -0.114. The van der Waals surface area contributed by atoms with E-state index in [1.807, 2.05) is 6.92 Å². The summed E-state index contributed by atoms with van der Waals surface area (Å²) in [6, 6.07) is 0. The Kier molecular flexibility index (Phi) is 2.06. The summed E-state index contributed by atoms with van der Waals surface area (Å²) in [5.74, 6) is 0.518. The van der Waals surface area contributed by atoms with E-state index in [1.165, 1.54) is 6.20 Å². The van der Waals surface area contributed by atoms with Crippen molar-refractivity contribution in [3.8, 4) is 0 Å². The van der Waals surface area contributed by atoms with E-state index in [2.05, 4.69) is 11.9 Å². The van der Waals surface area contributed by atoms with Gasteiger partial charge in [-0.1, -0.05) is 13.3 Å². The van der Waals surface area contributed by atoms with Crippen molar-refractivity contribution < 1.29 is 4.39 Å². The lowest BCUT2D eigenvalue weighted by atomic mass is 10.0. The van der Waals surface area contributed by atoms with Crippen LogP contribution in [0.15, 0.2) is 6.20 Å². The maximum atomic E-state index is 13.3. The highest BCUT2D eigenvalue weighted by molar-refractivity contribution is 5.35. The second kappa shape index (κ2) is 3.09. The van der Waals surface area contributed by atoms with E-state index in [0.717, 1.165) is 36.1 Å². The first-order valence-electron chi connectivity index (χ1n) is 4.85. The Morgan fingerprint density at radius 2 is 2.15 bits per heavy atom. The topological polar surface area (TPSA) is 12.9 Å². The minimum Gasteiger partial charge on any atom is -0.258 e. The molecule has 70 valence electrons. The summed E-state index contributed by atoms with van der Waals surface area (Å²) in [5, 5.41) is 0. The Morgan fingerprint density at radius 3 is 2.77 bits per heavy atom. The van der Waals surface area contributed by atoms with Crippen LogP contribution in [-0.2, 0) is 12.8 Å². The molecule has 1 aromatic heterocycles. The van der Waals surface area contributed by atoms with Crippen LogP contribution in [0.2, 0.25) is 0 Å². The average Bonchev–Trinajstić information content (AvgIpc) is 2.56. The van der Waals surface area contributed by atoms with Gasteiger partial charge < -0.3 is 0 Å². The largest absolute Gasteiger partial charge is 0.258 e. The number of fused-ring (bicyclic) bond motifs is 1. The summed E-state index contributed by atoms with van der Waals surface area (Å²) in [4.78, 5) is 4.04. The van der Waals surface area contributed by atoms with E-state index in [9.17, 15) is 4.39 Å². The van der Waals surface area contributed by atoms with Crippen molar-refractivity contribution in [3.05, 3.63) is 28.8 Å². The maximum Gasteiger partial charge on any atom is 0.144 e. The zero-order valence-corrected chi connectivity index (χ0v) is 8.10. The van der Waals surface area contributed by atoms with Gasteiger partial charge in [0.25, 0.3) is 0 Å². The fourth-order valence-electron chi connectivity index (χ4n) is 2.10. The van der Waals surface area contributed by atoms with Crippen LogP contribution in [-0.4, -0.2) is 4.98 Å². The monoisotopic (exact) mass is 179 g/mol. The lowest BCUT2D eigenvalue weighted by molar-refractivity contribution is 0.531. The lowest BCUT2D eigenvalue weighted by Crippen LogP contribution is -1.96. The third-order valence-corrected chi connectivity index (χ3v) is 3.02. The fraction of sp³-hybridized carbons (Fsp3) is 0.545. The van der Waals surface area contributed by atoms with Crippen molar-refractivity contribution in [1.82, 2.24) is 4.98 Å². The van der Waals surface area contributed by atoms with E-state index in [0.29, 0.717) is 5.92 Å². The van der Waals surface area contributed by atoms with Gasteiger partial charge in [-0.3, -0.25) is 4.98 Å². The SMILES string of the molecule is CC[C@H]1Cc2c(F)cnc(C)c2C1. The molecule has 2 heteroatoms. The molecule has 1 heterocycles. The van der Waals surface area contributed by atoms with Crippen molar-refractivity contribution in [3.63, 3.8) is 0 Å². The molecule has 0 spiro atoms. The summed E-state index contributed by atoms with van der Waals surface area (Å²) >= 11 is 0.